The minimum atomic E-state index is -3.50. The predicted octanol–water partition coefficient (Wildman–Crippen LogP) is -1.23. The molecule has 6 heteroatoms. The molecule has 0 saturated heterocycles. The standard InChI is InChI=1S/C3H10N2O3S/c1-3(5-8-2)9(4,6)7/h3,5H,1-2H3,(H2,4,6,7). The van der Waals surface area contributed by atoms with E-state index in [1.165, 1.54) is 14.0 Å². The summed E-state index contributed by atoms with van der Waals surface area (Å²) < 4.78 is 20.7. The lowest BCUT2D eigenvalue weighted by Crippen LogP contribution is -2.37. The van der Waals surface area contributed by atoms with Gasteiger partial charge in [-0.05, 0) is 6.92 Å². The summed E-state index contributed by atoms with van der Waals surface area (Å²) in [6.07, 6.45) is 0. The highest BCUT2D eigenvalue weighted by molar-refractivity contribution is 7.89. The van der Waals surface area contributed by atoms with E-state index in [1.54, 1.807) is 0 Å². The number of nitrogens with one attached hydrogen (secondary N) is 1. The maximum absolute atomic E-state index is 10.4. The monoisotopic (exact) mass is 154 g/mol. The summed E-state index contributed by atoms with van der Waals surface area (Å²) in [5.74, 6) is 0. The lowest BCUT2D eigenvalue weighted by atomic mass is 10.8. The predicted molar refractivity (Wildman–Crippen MR) is 32.7 cm³/mol. The smallest absolute Gasteiger partial charge is 0.227 e. The molecular formula is C3H10N2O3S. The summed E-state index contributed by atoms with van der Waals surface area (Å²) in [6, 6.07) is 0. The Labute approximate surface area is 54.2 Å². The topological polar surface area (TPSA) is 81.4 Å². The highest BCUT2D eigenvalue weighted by Crippen LogP contribution is 1.86. The van der Waals surface area contributed by atoms with E-state index in [1.807, 2.05) is 0 Å². The van der Waals surface area contributed by atoms with Crippen molar-refractivity contribution in [1.29, 1.82) is 0 Å². The maximum Gasteiger partial charge on any atom is 0.227 e. The van der Waals surface area contributed by atoms with Crippen LogP contribution in [0.3, 0.4) is 0 Å². The van der Waals surface area contributed by atoms with E-state index >= 15 is 0 Å². The van der Waals surface area contributed by atoms with Crippen LogP contribution in [-0.2, 0) is 14.9 Å². The van der Waals surface area contributed by atoms with Crippen molar-refractivity contribution in [2.75, 3.05) is 7.11 Å². The van der Waals surface area contributed by atoms with Crippen LogP contribution in [0.2, 0.25) is 0 Å². The van der Waals surface area contributed by atoms with Gasteiger partial charge in [0.05, 0.1) is 7.11 Å². The average molecular weight is 154 g/mol. The van der Waals surface area contributed by atoms with Gasteiger partial charge in [-0.2, -0.15) is 5.48 Å². The Bertz CT molecular complexity index is 164. The van der Waals surface area contributed by atoms with E-state index in [2.05, 4.69) is 10.3 Å². The normalized spacial score (nSPS) is 15.4. The minimum Gasteiger partial charge on any atom is -0.304 e. The Morgan fingerprint density at radius 2 is 2.11 bits per heavy atom. The SMILES string of the molecule is CONC(C)S(N)(=O)=O. The first-order valence-corrected chi connectivity index (χ1v) is 3.89. The highest BCUT2D eigenvalue weighted by Gasteiger charge is 2.13. The van der Waals surface area contributed by atoms with E-state index in [-0.39, 0.29) is 0 Å². The second-order valence-corrected chi connectivity index (χ2v) is 3.44. The number of nitrogens with two attached hydrogens (primary N) is 1. The van der Waals surface area contributed by atoms with Crippen LogP contribution in [0.5, 0.6) is 0 Å². The molecule has 0 spiro atoms. The van der Waals surface area contributed by atoms with Crippen LogP contribution >= 0.6 is 0 Å². The number of primary sulfonamides is 1. The van der Waals surface area contributed by atoms with Crippen LogP contribution in [-0.4, -0.2) is 20.9 Å². The summed E-state index contributed by atoms with van der Waals surface area (Å²) in [5.41, 5.74) is 2.17. The zero-order valence-corrected chi connectivity index (χ0v) is 6.10. The molecule has 0 saturated carbocycles. The van der Waals surface area contributed by atoms with Crippen molar-refractivity contribution in [1.82, 2.24) is 5.48 Å². The van der Waals surface area contributed by atoms with Crippen LogP contribution in [0.25, 0.3) is 0 Å². The van der Waals surface area contributed by atoms with Crippen molar-refractivity contribution < 1.29 is 13.3 Å². The van der Waals surface area contributed by atoms with Crippen molar-refractivity contribution in [3.05, 3.63) is 0 Å². The summed E-state index contributed by atoms with van der Waals surface area (Å²) in [4.78, 5) is 4.32. The number of rotatable bonds is 3. The van der Waals surface area contributed by atoms with Gasteiger partial charge in [-0.15, -0.1) is 0 Å². The van der Waals surface area contributed by atoms with Gasteiger partial charge in [0, 0.05) is 0 Å². The first-order valence-electron chi connectivity index (χ1n) is 2.28. The molecule has 0 amide bonds. The van der Waals surface area contributed by atoms with Crippen molar-refractivity contribution in [3.63, 3.8) is 0 Å². The molecule has 0 heterocycles. The molecular weight excluding hydrogens is 144 g/mol. The Morgan fingerprint density at radius 3 is 2.22 bits per heavy atom. The molecule has 0 aliphatic rings. The van der Waals surface area contributed by atoms with Gasteiger partial charge in [0.1, 0.15) is 5.37 Å². The van der Waals surface area contributed by atoms with Gasteiger partial charge >= 0.3 is 0 Å². The van der Waals surface area contributed by atoms with E-state index in [4.69, 9.17) is 5.14 Å². The van der Waals surface area contributed by atoms with Gasteiger partial charge in [-0.1, -0.05) is 0 Å². The Hall–Kier alpha value is -0.170. The third-order valence-electron chi connectivity index (χ3n) is 0.777. The number of hydroxylamine groups is 1. The summed E-state index contributed by atoms with van der Waals surface area (Å²) in [5, 5.41) is 3.84. The molecule has 0 aliphatic heterocycles. The molecule has 3 N–H and O–H groups in total. The first-order chi connectivity index (χ1) is 3.98. The Balaban J connectivity index is 3.90. The second-order valence-electron chi connectivity index (χ2n) is 1.55. The minimum absolute atomic E-state index is 0.859. The summed E-state index contributed by atoms with van der Waals surface area (Å²) >= 11 is 0. The quantitative estimate of drug-likeness (QED) is 0.499. The van der Waals surface area contributed by atoms with Gasteiger partial charge in [0.2, 0.25) is 10.0 Å². The average Bonchev–Trinajstić information content (AvgIpc) is 1.64. The molecule has 5 nitrogen and oxygen atoms in total. The molecule has 0 aliphatic carbocycles. The molecule has 0 bridgehead atoms. The van der Waals surface area contributed by atoms with Crippen LogP contribution in [0.4, 0.5) is 0 Å². The fourth-order valence-electron chi connectivity index (χ4n) is 0.233. The molecule has 9 heavy (non-hydrogen) atoms. The van der Waals surface area contributed by atoms with E-state index in [0.717, 1.165) is 0 Å². The Morgan fingerprint density at radius 1 is 1.67 bits per heavy atom. The highest BCUT2D eigenvalue weighted by atomic mass is 32.2. The van der Waals surface area contributed by atoms with E-state index in [0.29, 0.717) is 0 Å². The fourth-order valence-corrected chi connectivity index (χ4v) is 0.463. The number of sulfonamides is 1. The molecule has 56 valence electrons. The van der Waals surface area contributed by atoms with E-state index in [9.17, 15) is 8.42 Å². The number of hydrogen-bond acceptors (Lipinski definition) is 4. The third-order valence-corrected chi connectivity index (χ3v) is 1.86. The lowest BCUT2D eigenvalue weighted by Gasteiger charge is -2.07. The van der Waals surface area contributed by atoms with E-state index < -0.39 is 15.4 Å². The third kappa shape index (κ3) is 3.41. The first kappa shape index (κ1) is 8.83. The summed E-state index contributed by atoms with van der Waals surface area (Å²) in [7, 11) is -2.18. The van der Waals surface area contributed by atoms with Gasteiger partial charge in [0.15, 0.2) is 0 Å². The van der Waals surface area contributed by atoms with Crippen molar-refractivity contribution >= 4 is 10.0 Å². The van der Waals surface area contributed by atoms with Crippen molar-refractivity contribution in [2.24, 2.45) is 5.14 Å². The second kappa shape index (κ2) is 3.11. The summed E-state index contributed by atoms with van der Waals surface area (Å²) in [6.45, 7) is 1.39. The molecule has 0 rings (SSSR count). The molecule has 1 unspecified atom stereocenters. The number of hydrogen-bond donors (Lipinski definition) is 2. The maximum atomic E-state index is 10.4. The van der Waals surface area contributed by atoms with Gasteiger partial charge in [-0.3, -0.25) is 0 Å². The van der Waals surface area contributed by atoms with Gasteiger partial charge < -0.3 is 4.84 Å². The van der Waals surface area contributed by atoms with Crippen molar-refractivity contribution in [3.8, 4) is 0 Å². The molecule has 1 atom stereocenters. The Kier molecular flexibility index (Phi) is 3.06. The zero-order valence-electron chi connectivity index (χ0n) is 5.29. The molecule has 0 fully saturated rings. The van der Waals surface area contributed by atoms with Gasteiger partial charge in [0.25, 0.3) is 0 Å². The largest absolute Gasteiger partial charge is 0.304 e. The van der Waals surface area contributed by atoms with Crippen LogP contribution in [0.1, 0.15) is 6.92 Å². The molecule has 0 aromatic rings. The van der Waals surface area contributed by atoms with Crippen LogP contribution in [0.15, 0.2) is 0 Å². The molecule has 0 radical (unpaired) electrons. The fraction of sp³-hybridized carbons (Fsp3) is 1.00. The van der Waals surface area contributed by atoms with Crippen LogP contribution in [0, 0.1) is 0 Å². The van der Waals surface area contributed by atoms with Crippen molar-refractivity contribution in [2.45, 2.75) is 12.3 Å². The van der Waals surface area contributed by atoms with Crippen LogP contribution < -0.4 is 10.6 Å². The molecule has 0 aromatic heterocycles. The zero-order chi connectivity index (χ0) is 7.49. The molecule has 0 aromatic carbocycles. The van der Waals surface area contributed by atoms with Gasteiger partial charge in [-0.25, -0.2) is 13.6 Å². The lowest BCUT2D eigenvalue weighted by molar-refractivity contribution is 0.0855.